The summed E-state index contributed by atoms with van der Waals surface area (Å²) < 4.78 is 13.1. The predicted octanol–water partition coefficient (Wildman–Crippen LogP) is 7.17. The summed E-state index contributed by atoms with van der Waals surface area (Å²) in [6.45, 7) is 0. The average Bonchev–Trinajstić information content (AvgIpc) is 2.66. The molecule has 2 nitrogen and oxygen atoms in total. The van der Waals surface area contributed by atoms with Gasteiger partial charge < -0.3 is 9.47 Å². The average molecular weight is 389 g/mol. The molecule has 25 heavy (non-hydrogen) atoms. The van der Waals surface area contributed by atoms with Crippen molar-refractivity contribution in [3.8, 4) is 34.1 Å². The largest absolute Gasteiger partial charge is 0.450 e. The van der Waals surface area contributed by atoms with Gasteiger partial charge in [-0.05, 0) is 52.2 Å². The molecular formula is C22H13BrO2. The van der Waals surface area contributed by atoms with Gasteiger partial charge in [0.1, 0.15) is 0 Å². The van der Waals surface area contributed by atoms with Crippen LogP contribution in [0.25, 0.3) is 21.9 Å². The molecular weight excluding hydrogens is 376 g/mol. The molecule has 0 atom stereocenters. The van der Waals surface area contributed by atoms with Gasteiger partial charge in [-0.2, -0.15) is 0 Å². The zero-order valence-corrected chi connectivity index (χ0v) is 14.8. The third kappa shape index (κ3) is 2.39. The van der Waals surface area contributed by atoms with Crippen LogP contribution in [-0.2, 0) is 0 Å². The molecule has 3 heteroatoms. The number of halogens is 1. The first-order valence-electron chi connectivity index (χ1n) is 8.06. The highest BCUT2D eigenvalue weighted by molar-refractivity contribution is 9.10. The topological polar surface area (TPSA) is 18.5 Å². The van der Waals surface area contributed by atoms with E-state index < -0.39 is 0 Å². The molecule has 4 aromatic carbocycles. The van der Waals surface area contributed by atoms with Gasteiger partial charge in [-0.1, -0.05) is 64.5 Å². The maximum Gasteiger partial charge on any atom is 0.170 e. The van der Waals surface area contributed by atoms with E-state index in [-0.39, 0.29) is 0 Å². The van der Waals surface area contributed by atoms with Crippen molar-refractivity contribution in [3.63, 3.8) is 0 Å². The molecule has 120 valence electrons. The van der Waals surface area contributed by atoms with Gasteiger partial charge in [0, 0.05) is 4.47 Å². The summed E-state index contributed by atoms with van der Waals surface area (Å²) >= 11 is 3.64. The van der Waals surface area contributed by atoms with E-state index in [4.69, 9.17) is 9.47 Å². The van der Waals surface area contributed by atoms with E-state index in [2.05, 4.69) is 58.4 Å². The molecule has 5 rings (SSSR count). The highest BCUT2D eigenvalue weighted by atomic mass is 79.9. The smallest absolute Gasteiger partial charge is 0.170 e. The van der Waals surface area contributed by atoms with Crippen molar-refractivity contribution in [2.24, 2.45) is 0 Å². The van der Waals surface area contributed by atoms with Gasteiger partial charge in [0.05, 0.1) is 0 Å². The molecule has 0 bridgehead atoms. The van der Waals surface area contributed by atoms with Crippen molar-refractivity contribution in [3.05, 3.63) is 83.3 Å². The van der Waals surface area contributed by atoms with E-state index in [1.807, 2.05) is 36.4 Å². The monoisotopic (exact) mass is 388 g/mol. The van der Waals surface area contributed by atoms with Gasteiger partial charge in [-0.25, -0.2) is 0 Å². The number of hydrogen-bond donors (Lipinski definition) is 0. The van der Waals surface area contributed by atoms with Crippen molar-refractivity contribution >= 4 is 26.7 Å². The lowest BCUT2D eigenvalue weighted by atomic mass is 9.98. The quantitative estimate of drug-likeness (QED) is 0.303. The molecule has 0 N–H and O–H groups in total. The summed E-state index contributed by atoms with van der Waals surface area (Å²) in [7, 11) is 0. The third-order valence-electron chi connectivity index (χ3n) is 4.41. The Hall–Kier alpha value is -2.78. The SMILES string of the molecule is Brc1ccc(-c2ccc3c(c2)Oc2ccccc2O3)c2ccccc12. The van der Waals surface area contributed by atoms with Gasteiger partial charge in [-0.15, -0.1) is 0 Å². The molecule has 0 aliphatic carbocycles. The summed E-state index contributed by atoms with van der Waals surface area (Å²) in [4.78, 5) is 0. The number of fused-ring (bicyclic) bond motifs is 3. The summed E-state index contributed by atoms with van der Waals surface area (Å²) in [5, 5.41) is 2.40. The summed E-state index contributed by atoms with van der Waals surface area (Å²) in [5.74, 6) is 2.97. The second kappa shape index (κ2) is 5.64. The highest BCUT2D eigenvalue weighted by Crippen LogP contribution is 2.46. The van der Waals surface area contributed by atoms with E-state index in [0.29, 0.717) is 0 Å². The van der Waals surface area contributed by atoms with E-state index in [1.165, 1.54) is 16.3 Å². The van der Waals surface area contributed by atoms with Crippen LogP contribution in [0.2, 0.25) is 0 Å². The number of ether oxygens (including phenoxy) is 2. The molecule has 1 aliphatic heterocycles. The van der Waals surface area contributed by atoms with Gasteiger partial charge in [0.15, 0.2) is 23.0 Å². The Kier molecular flexibility index (Phi) is 3.28. The minimum atomic E-state index is 0.739. The fourth-order valence-corrected chi connectivity index (χ4v) is 3.69. The van der Waals surface area contributed by atoms with Gasteiger partial charge in [0.25, 0.3) is 0 Å². The van der Waals surface area contributed by atoms with Gasteiger partial charge in [0.2, 0.25) is 0 Å². The number of rotatable bonds is 1. The standard InChI is InChI=1S/C22H13BrO2/c23-18-11-10-15(16-5-1-2-6-17(16)18)14-9-12-21-22(13-14)25-20-8-4-3-7-19(20)24-21/h1-13H. The molecule has 0 unspecified atom stereocenters. The third-order valence-corrected chi connectivity index (χ3v) is 5.11. The van der Waals surface area contributed by atoms with Crippen molar-refractivity contribution in [2.45, 2.75) is 0 Å². The van der Waals surface area contributed by atoms with Crippen molar-refractivity contribution in [2.75, 3.05) is 0 Å². The Bertz CT molecular complexity index is 1120. The molecule has 0 fully saturated rings. The van der Waals surface area contributed by atoms with Crippen LogP contribution in [0.4, 0.5) is 0 Å². The fourth-order valence-electron chi connectivity index (χ4n) is 3.21. The first-order valence-corrected chi connectivity index (χ1v) is 8.85. The Labute approximate surface area is 153 Å². The highest BCUT2D eigenvalue weighted by Gasteiger charge is 2.19. The summed E-state index contributed by atoms with van der Waals surface area (Å²) in [6.07, 6.45) is 0. The molecule has 0 aromatic heterocycles. The predicted molar refractivity (Wildman–Crippen MR) is 104 cm³/mol. The first-order chi connectivity index (χ1) is 12.3. The molecule has 4 aromatic rings. The maximum atomic E-state index is 6.04. The maximum absolute atomic E-state index is 6.04. The summed E-state index contributed by atoms with van der Waals surface area (Å²) in [5.41, 5.74) is 2.27. The van der Waals surface area contributed by atoms with Crippen LogP contribution in [0, 0.1) is 0 Å². The van der Waals surface area contributed by atoms with Crippen LogP contribution in [-0.4, -0.2) is 0 Å². The van der Waals surface area contributed by atoms with Crippen molar-refractivity contribution in [1.29, 1.82) is 0 Å². The van der Waals surface area contributed by atoms with E-state index in [0.717, 1.165) is 33.0 Å². The fraction of sp³-hybridized carbons (Fsp3) is 0. The van der Waals surface area contributed by atoms with Crippen LogP contribution in [0.15, 0.2) is 83.3 Å². The molecule has 0 saturated heterocycles. The molecule has 0 spiro atoms. The lowest BCUT2D eigenvalue weighted by Gasteiger charge is -2.21. The Morgan fingerprint density at radius 1 is 0.560 bits per heavy atom. The van der Waals surface area contributed by atoms with E-state index in [1.54, 1.807) is 0 Å². The van der Waals surface area contributed by atoms with Crippen LogP contribution in [0.5, 0.6) is 23.0 Å². The lowest BCUT2D eigenvalue weighted by Crippen LogP contribution is -1.98. The van der Waals surface area contributed by atoms with Crippen molar-refractivity contribution < 1.29 is 9.47 Å². The molecule has 0 saturated carbocycles. The summed E-state index contributed by atoms with van der Waals surface area (Å²) in [6, 6.07) is 26.4. The molecule has 1 heterocycles. The zero-order valence-electron chi connectivity index (χ0n) is 13.2. The van der Waals surface area contributed by atoms with Crippen LogP contribution in [0.3, 0.4) is 0 Å². The van der Waals surface area contributed by atoms with Crippen LogP contribution < -0.4 is 9.47 Å². The van der Waals surface area contributed by atoms with Crippen LogP contribution in [0.1, 0.15) is 0 Å². The zero-order chi connectivity index (χ0) is 16.8. The second-order valence-electron chi connectivity index (χ2n) is 5.95. The number of para-hydroxylation sites is 2. The number of benzene rings is 4. The first kappa shape index (κ1) is 14.6. The minimum Gasteiger partial charge on any atom is -0.450 e. The Morgan fingerprint density at radius 2 is 1.20 bits per heavy atom. The number of hydrogen-bond acceptors (Lipinski definition) is 2. The van der Waals surface area contributed by atoms with Gasteiger partial charge in [-0.3, -0.25) is 0 Å². The lowest BCUT2D eigenvalue weighted by molar-refractivity contribution is 0.360. The van der Waals surface area contributed by atoms with Crippen molar-refractivity contribution in [1.82, 2.24) is 0 Å². The van der Waals surface area contributed by atoms with Gasteiger partial charge >= 0.3 is 0 Å². The molecule has 1 aliphatic rings. The Morgan fingerprint density at radius 3 is 2.00 bits per heavy atom. The van der Waals surface area contributed by atoms with Crippen LogP contribution >= 0.6 is 15.9 Å². The molecule has 0 radical (unpaired) electrons. The van der Waals surface area contributed by atoms with E-state index in [9.17, 15) is 0 Å². The Balaban J connectivity index is 1.65. The van der Waals surface area contributed by atoms with E-state index >= 15 is 0 Å². The minimum absolute atomic E-state index is 0.739. The normalized spacial score (nSPS) is 12.0. The second-order valence-corrected chi connectivity index (χ2v) is 6.81. The molecule has 0 amide bonds.